The van der Waals surface area contributed by atoms with Crippen LogP contribution >= 0.6 is 0 Å². The Labute approximate surface area is 201 Å². The van der Waals surface area contributed by atoms with Crippen LogP contribution in [0.2, 0.25) is 0 Å². The van der Waals surface area contributed by atoms with E-state index >= 15 is 0 Å². The number of carbonyl (C=O) groups is 2. The highest BCUT2D eigenvalue weighted by molar-refractivity contribution is 5.96. The Balaban J connectivity index is 2.01. The lowest BCUT2D eigenvalue weighted by atomic mass is 9.93. The van der Waals surface area contributed by atoms with E-state index in [1.807, 2.05) is 18.7 Å². The van der Waals surface area contributed by atoms with Crippen molar-refractivity contribution in [2.45, 2.75) is 65.5 Å². The van der Waals surface area contributed by atoms with Crippen molar-refractivity contribution in [3.63, 3.8) is 0 Å². The zero-order chi connectivity index (χ0) is 24.8. The summed E-state index contributed by atoms with van der Waals surface area (Å²) < 4.78 is 21.6. The molecule has 0 unspecified atom stereocenters. The number of rotatable bonds is 9. The minimum atomic E-state index is -0.347. The number of amides is 1. The third-order valence-corrected chi connectivity index (χ3v) is 6.54. The van der Waals surface area contributed by atoms with Crippen LogP contribution in [0.25, 0.3) is 0 Å². The Morgan fingerprint density at radius 2 is 1.62 bits per heavy atom. The zero-order valence-electron chi connectivity index (χ0n) is 21.1. The first-order valence-corrected chi connectivity index (χ1v) is 11.8. The number of H-pyrrole nitrogens is 1. The summed E-state index contributed by atoms with van der Waals surface area (Å²) in [5.41, 5.74) is 3.41. The Kier molecular flexibility index (Phi) is 8.47. The quantitative estimate of drug-likeness (QED) is 0.527. The molecule has 0 saturated heterocycles. The number of aromatic amines is 1. The SMILES string of the molecule is CCOC(=O)c1c(C)[nH]c(CN(C(=O)c2cc(OC)c(OC)c(OC)c2)C2CCCCC2)c1C. The molecule has 34 heavy (non-hydrogen) atoms. The Morgan fingerprint density at radius 1 is 1.00 bits per heavy atom. The molecule has 1 aromatic heterocycles. The lowest BCUT2D eigenvalue weighted by Gasteiger charge is -2.34. The van der Waals surface area contributed by atoms with E-state index < -0.39 is 0 Å². The van der Waals surface area contributed by atoms with E-state index in [4.69, 9.17) is 18.9 Å². The van der Waals surface area contributed by atoms with Gasteiger partial charge in [0.15, 0.2) is 11.5 Å². The standard InChI is InChI=1S/C26H36N2O6/c1-7-34-26(30)23-16(2)20(27-17(23)3)15-28(19-11-9-8-10-12-19)25(29)18-13-21(31-4)24(33-6)22(14-18)32-5/h13-14,19,27H,7-12,15H2,1-6H3. The molecular formula is C26H36N2O6. The van der Waals surface area contributed by atoms with Crippen molar-refractivity contribution in [1.29, 1.82) is 0 Å². The van der Waals surface area contributed by atoms with Crippen molar-refractivity contribution in [1.82, 2.24) is 9.88 Å². The van der Waals surface area contributed by atoms with Gasteiger partial charge in [-0.05, 0) is 51.3 Å². The van der Waals surface area contributed by atoms with Crippen molar-refractivity contribution in [2.75, 3.05) is 27.9 Å². The molecule has 1 heterocycles. The number of nitrogens with zero attached hydrogens (tertiary/aromatic N) is 1. The summed E-state index contributed by atoms with van der Waals surface area (Å²) in [6.45, 7) is 6.22. The number of hydrogen-bond donors (Lipinski definition) is 1. The molecule has 8 heteroatoms. The van der Waals surface area contributed by atoms with Crippen LogP contribution in [-0.2, 0) is 11.3 Å². The van der Waals surface area contributed by atoms with Crippen LogP contribution in [0.3, 0.4) is 0 Å². The molecule has 186 valence electrons. The molecule has 0 spiro atoms. The molecule has 1 saturated carbocycles. The molecule has 0 atom stereocenters. The van der Waals surface area contributed by atoms with Gasteiger partial charge in [-0.3, -0.25) is 4.79 Å². The van der Waals surface area contributed by atoms with Crippen LogP contribution in [0.5, 0.6) is 17.2 Å². The highest BCUT2D eigenvalue weighted by Crippen LogP contribution is 2.39. The van der Waals surface area contributed by atoms with Gasteiger partial charge in [0, 0.05) is 23.0 Å². The second-order valence-corrected chi connectivity index (χ2v) is 8.59. The van der Waals surface area contributed by atoms with Gasteiger partial charge in [0.1, 0.15) is 0 Å². The van der Waals surface area contributed by atoms with Crippen LogP contribution in [0.4, 0.5) is 0 Å². The smallest absolute Gasteiger partial charge is 0.340 e. The number of methoxy groups -OCH3 is 3. The summed E-state index contributed by atoms with van der Waals surface area (Å²) in [4.78, 5) is 31.6. The molecule has 1 aliphatic rings. The van der Waals surface area contributed by atoms with Gasteiger partial charge in [-0.1, -0.05) is 19.3 Å². The van der Waals surface area contributed by atoms with Crippen LogP contribution < -0.4 is 14.2 Å². The fourth-order valence-electron chi connectivity index (χ4n) is 4.78. The van der Waals surface area contributed by atoms with Gasteiger partial charge in [-0.25, -0.2) is 4.79 Å². The molecule has 1 N–H and O–H groups in total. The average molecular weight is 473 g/mol. The van der Waals surface area contributed by atoms with Crippen molar-refractivity contribution < 1.29 is 28.5 Å². The van der Waals surface area contributed by atoms with Crippen molar-refractivity contribution in [3.05, 3.63) is 40.2 Å². The molecule has 1 aromatic carbocycles. The van der Waals surface area contributed by atoms with E-state index in [9.17, 15) is 9.59 Å². The molecule has 1 amide bonds. The van der Waals surface area contributed by atoms with Gasteiger partial charge in [0.05, 0.1) is 40.0 Å². The summed E-state index contributed by atoms with van der Waals surface area (Å²) >= 11 is 0. The number of aromatic nitrogens is 1. The van der Waals surface area contributed by atoms with Gasteiger partial charge in [-0.2, -0.15) is 0 Å². The van der Waals surface area contributed by atoms with Crippen LogP contribution in [0.1, 0.15) is 76.7 Å². The second-order valence-electron chi connectivity index (χ2n) is 8.59. The number of esters is 1. The molecular weight excluding hydrogens is 436 g/mol. The number of ether oxygens (including phenoxy) is 4. The lowest BCUT2D eigenvalue weighted by molar-refractivity contribution is 0.0524. The molecule has 1 aliphatic carbocycles. The van der Waals surface area contributed by atoms with Crippen molar-refractivity contribution >= 4 is 11.9 Å². The number of aryl methyl sites for hydroxylation is 1. The Hall–Kier alpha value is -3.16. The monoisotopic (exact) mass is 472 g/mol. The molecule has 0 radical (unpaired) electrons. The van der Waals surface area contributed by atoms with E-state index in [1.165, 1.54) is 27.8 Å². The third-order valence-electron chi connectivity index (χ3n) is 6.54. The lowest BCUT2D eigenvalue weighted by Crippen LogP contribution is -2.41. The van der Waals surface area contributed by atoms with Gasteiger partial charge in [0.25, 0.3) is 5.91 Å². The normalized spacial score (nSPS) is 13.9. The van der Waals surface area contributed by atoms with Crippen LogP contribution in [0, 0.1) is 13.8 Å². The number of carbonyl (C=O) groups excluding carboxylic acids is 2. The number of nitrogens with one attached hydrogen (secondary N) is 1. The molecule has 0 aliphatic heterocycles. The summed E-state index contributed by atoms with van der Waals surface area (Å²) in [5.74, 6) is 0.854. The zero-order valence-corrected chi connectivity index (χ0v) is 21.1. The van der Waals surface area contributed by atoms with Crippen LogP contribution in [-0.4, -0.2) is 55.7 Å². The highest BCUT2D eigenvalue weighted by Gasteiger charge is 2.30. The van der Waals surface area contributed by atoms with E-state index in [0.29, 0.717) is 41.5 Å². The Morgan fingerprint density at radius 3 is 2.15 bits per heavy atom. The largest absolute Gasteiger partial charge is 0.493 e. The van der Waals surface area contributed by atoms with E-state index in [-0.39, 0.29) is 17.9 Å². The molecule has 2 aromatic rings. The number of benzene rings is 1. The van der Waals surface area contributed by atoms with Gasteiger partial charge in [-0.15, -0.1) is 0 Å². The molecule has 0 bridgehead atoms. The fraction of sp³-hybridized carbons (Fsp3) is 0.538. The molecule has 1 fully saturated rings. The Bertz CT molecular complexity index is 998. The summed E-state index contributed by atoms with van der Waals surface area (Å²) in [5, 5.41) is 0. The second kappa shape index (κ2) is 11.3. The number of hydrogen-bond acceptors (Lipinski definition) is 6. The molecule has 3 rings (SSSR count). The summed E-state index contributed by atoms with van der Waals surface area (Å²) in [7, 11) is 4.60. The maximum atomic E-state index is 13.9. The van der Waals surface area contributed by atoms with Crippen LogP contribution in [0.15, 0.2) is 12.1 Å². The first-order valence-electron chi connectivity index (χ1n) is 11.8. The maximum absolute atomic E-state index is 13.9. The van der Waals surface area contributed by atoms with E-state index in [2.05, 4.69) is 4.98 Å². The topological polar surface area (TPSA) is 90.1 Å². The van der Waals surface area contributed by atoms with E-state index in [1.54, 1.807) is 19.1 Å². The first-order chi connectivity index (χ1) is 16.4. The average Bonchev–Trinajstić information content (AvgIpc) is 3.14. The minimum Gasteiger partial charge on any atom is -0.493 e. The summed E-state index contributed by atoms with van der Waals surface area (Å²) in [6, 6.07) is 3.49. The van der Waals surface area contributed by atoms with Gasteiger partial charge in [0.2, 0.25) is 5.75 Å². The predicted molar refractivity (Wildman–Crippen MR) is 129 cm³/mol. The minimum absolute atomic E-state index is 0.106. The molecule has 8 nitrogen and oxygen atoms in total. The third kappa shape index (κ3) is 5.16. The van der Waals surface area contributed by atoms with E-state index in [0.717, 1.165) is 42.6 Å². The predicted octanol–water partition coefficient (Wildman–Crippen LogP) is 4.81. The van der Waals surface area contributed by atoms with Gasteiger partial charge >= 0.3 is 5.97 Å². The first kappa shape index (κ1) is 25.5. The summed E-state index contributed by atoms with van der Waals surface area (Å²) in [6.07, 6.45) is 5.23. The maximum Gasteiger partial charge on any atom is 0.340 e. The fourth-order valence-corrected chi connectivity index (χ4v) is 4.78. The van der Waals surface area contributed by atoms with Gasteiger partial charge < -0.3 is 28.8 Å². The highest BCUT2D eigenvalue weighted by atomic mass is 16.5. The van der Waals surface area contributed by atoms with Crippen molar-refractivity contribution in [2.24, 2.45) is 0 Å². The van der Waals surface area contributed by atoms with Crippen molar-refractivity contribution in [3.8, 4) is 17.2 Å².